The molecule has 1 heterocycles. The van der Waals surface area contributed by atoms with Crippen LogP contribution >= 0.6 is 0 Å². The van der Waals surface area contributed by atoms with Crippen LogP contribution in [-0.4, -0.2) is 27.8 Å². The van der Waals surface area contributed by atoms with Gasteiger partial charge in [0.1, 0.15) is 5.75 Å². The van der Waals surface area contributed by atoms with E-state index in [9.17, 15) is 4.79 Å². The number of aromatic nitrogens is 3. The smallest absolute Gasteiger partial charge is 0.295 e. The average molecular weight is 412 g/mol. The van der Waals surface area contributed by atoms with Crippen molar-refractivity contribution in [3.8, 4) is 22.8 Å². The van der Waals surface area contributed by atoms with Crippen molar-refractivity contribution in [3.05, 3.63) is 89.2 Å². The predicted molar refractivity (Wildman–Crippen MR) is 122 cm³/mol. The van der Waals surface area contributed by atoms with Crippen LogP contribution in [0, 0.1) is 20.8 Å². The Hall–Kier alpha value is -3.93. The van der Waals surface area contributed by atoms with Gasteiger partial charge in [-0.15, -0.1) is 5.10 Å². The fraction of sp³-hybridized carbons (Fsp3) is 0.160. The Morgan fingerprint density at radius 2 is 1.58 bits per heavy atom. The fourth-order valence-corrected chi connectivity index (χ4v) is 3.25. The third-order valence-electron chi connectivity index (χ3n) is 5.08. The molecule has 0 spiro atoms. The molecule has 0 aliphatic carbocycles. The zero-order chi connectivity index (χ0) is 22.0. The number of aryl methyl sites for hydroxylation is 3. The van der Waals surface area contributed by atoms with E-state index >= 15 is 0 Å². The van der Waals surface area contributed by atoms with Gasteiger partial charge in [-0.2, -0.15) is 0 Å². The minimum atomic E-state index is -0.352. The zero-order valence-corrected chi connectivity index (χ0v) is 18.0. The molecule has 6 heteroatoms. The third-order valence-corrected chi connectivity index (χ3v) is 5.08. The quantitative estimate of drug-likeness (QED) is 0.494. The SMILES string of the molecule is COc1ccc(-n2nc(C(=O)Nc3cc(C)ccc3C)nc2-c2ccc(C)cc2)cc1. The molecule has 4 rings (SSSR count). The number of hydrogen-bond donors (Lipinski definition) is 1. The number of methoxy groups -OCH3 is 1. The van der Waals surface area contributed by atoms with E-state index in [4.69, 9.17) is 4.74 Å². The van der Waals surface area contributed by atoms with Crippen LogP contribution in [0.5, 0.6) is 5.75 Å². The molecule has 0 bridgehead atoms. The molecule has 6 nitrogen and oxygen atoms in total. The van der Waals surface area contributed by atoms with E-state index in [0.29, 0.717) is 5.82 Å². The number of nitrogens with zero attached hydrogens (tertiary/aromatic N) is 3. The average Bonchev–Trinajstić information content (AvgIpc) is 3.22. The maximum Gasteiger partial charge on any atom is 0.295 e. The van der Waals surface area contributed by atoms with Crippen molar-refractivity contribution < 1.29 is 9.53 Å². The summed E-state index contributed by atoms with van der Waals surface area (Å²) in [6.45, 7) is 5.97. The van der Waals surface area contributed by atoms with Crippen molar-refractivity contribution in [1.82, 2.24) is 14.8 Å². The van der Waals surface area contributed by atoms with Gasteiger partial charge < -0.3 is 10.1 Å². The van der Waals surface area contributed by atoms with Crippen molar-refractivity contribution in [1.29, 1.82) is 0 Å². The van der Waals surface area contributed by atoms with Gasteiger partial charge in [-0.05, 0) is 62.2 Å². The first-order chi connectivity index (χ1) is 14.9. The van der Waals surface area contributed by atoms with E-state index in [1.807, 2.05) is 87.5 Å². The molecule has 1 amide bonds. The first-order valence-corrected chi connectivity index (χ1v) is 10.0. The molecule has 0 radical (unpaired) electrons. The summed E-state index contributed by atoms with van der Waals surface area (Å²) >= 11 is 0. The van der Waals surface area contributed by atoms with E-state index < -0.39 is 0 Å². The number of carbonyl (C=O) groups excluding carboxylic acids is 1. The normalized spacial score (nSPS) is 10.7. The summed E-state index contributed by atoms with van der Waals surface area (Å²) < 4.78 is 6.94. The molecular weight excluding hydrogens is 388 g/mol. The zero-order valence-electron chi connectivity index (χ0n) is 18.0. The number of rotatable bonds is 5. The minimum Gasteiger partial charge on any atom is -0.497 e. The molecule has 0 fully saturated rings. The van der Waals surface area contributed by atoms with E-state index in [2.05, 4.69) is 15.4 Å². The van der Waals surface area contributed by atoms with Gasteiger partial charge >= 0.3 is 0 Å². The van der Waals surface area contributed by atoms with Crippen LogP contribution in [0.3, 0.4) is 0 Å². The lowest BCUT2D eigenvalue weighted by Crippen LogP contribution is -2.15. The lowest BCUT2D eigenvalue weighted by Gasteiger charge is -2.07. The Balaban J connectivity index is 1.75. The number of amides is 1. The highest BCUT2D eigenvalue weighted by Gasteiger charge is 2.19. The maximum atomic E-state index is 13.0. The van der Waals surface area contributed by atoms with Gasteiger partial charge in [0.25, 0.3) is 5.91 Å². The molecule has 0 saturated carbocycles. The Labute approximate surface area is 181 Å². The predicted octanol–water partition coefficient (Wildman–Crippen LogP) is 5.12. The summed E-state index contributed by atoms with van der Waals surface area (Å²) in [5.74, 6) is 1.09. The lowest BCUT2D eigenvalue weighted by molar-refractivity contribution is 0.101. The molecule has 1 aromatic heterocycles. The number of anilines is 1. The second kappa shape index (κ2) is 8.44. The van der Waals surface area contributed by atoms with Gasteiger partial charge in [-0.1, -0.05) is 42.0 Å². The van der Waals surface area contributed by atoms with Crippen LogP contribution in [-0.2, 0) is 0 Å². The van der Waals surface area contributed by atoms with Crippen LogP contribution in [0.4, 0.5) is 5.69 Å². The Kier molecular flexibility index (Phi) is 5.54. The van der Waals surface area contributed by atoms with Gasteiger partial charge in [-0.25, -0.2) is 9.67 Å². The summed E-state index contributed by atoms with van der Waals surface area (Å²) in [6, 6.07) is 21.4. The molecule has 0 unspecified atom stereocenters. The van der Waals surface area contributed by atoms with Crippen LogP contribution < -0.4 is 10.1 Å². The topological polar surface area (TPSA) is 69.0 Å². The summed E-state index contributed by atoms with van der Waals surface area (Å²) in [5, 5.41) is 7.48. The first kappa shape index (κ1) is 20.3. The van der Waals surface area contributed by atoms with Crippen molar-refractivity contribution in [3.63, 3.8) is 0 Å². The van der Waals surface area contributed by atoms with Crippen LogP contribution in [0.25, 0.3) is 17.1 Å². The monoisotopic (exact) mass is 412 g/mol. The number of nitrogens with one attached hydrogen (secondary N) is 1. The van der Waals surface area contributed by atoms with E-state index in [-0.39, 0.29) is 11.7 Å². The number of carbonyl (C=O) groups is 1. The van der Waals surface area contributed by atoms with E-state index in [1.54, 1.807) is 11.8 Å². The Morgan fingerprint density at radius 1 is 0.903 bits per heavy atom. The van der Waals surface area contributed by atoms with Crippen molar-refractivity contribution in [2.75, 3.05) is 12.4 Å². The summed E-state index contributed by atoms with van der Waals surface area (Å²) in [6.07, 6.45) is 0. The van der Waals surface area contributed by atoms with Gasteiger partial charge in [-0.3, -0.25) is 4.79 Å². The Bertz CT molecular complexity index is 1230. The first-order valence-electron chi connectivity index (χ1n) is 10.0. The lowest BCUT2D eigenvalue weighted by atomic mass is 10.1. The van der Waals surface area contributed by atoms with Crippen molar-refractivity contribution in [2.45, 2.75) is 20.8 Å². The van der Waals surface area contributed by atoms with Crippen LogP contribution in [0.1, 0.15) is 27.3 Å². The van der Waals surface area contributed by atoms with Gasteiger partial charge in [0.05, 0.1) is 12.8 Å². The van der Waals surface area contributed by atoms with Crippen LogP contribution in [0.15, 0.2) is 66.7 Å². The van der Waals surface area contributed by atoms with E-state index in [0.717, 1.165) is 39.4 Å². The molecule has 0 atom stereocenters. The molecule has 156 valence electrons. The highest BCUT2D eigenvalue weighted by Crippen LogP contribution is 2.24. The molecule has 4 aromatic rings. The van der Waals surface area contributed by atoms with Crippen molar-refractivity contribution in [2.24, 2.45) is 0 Å². The highest BCUT2D eigenvalue weighted by molar-refractivity contribution is 6.02. The molecular formula is C25H24N4O2. The van der Waals surface area contributed by atoms with Gasteiger partial charge in [0, 0.05) is 11.3 Å². The standard InChI is InChI=1S/C25H24N4O2/c1-16-6-9-19(10-7-16)24-27-23(25(30)26-22-15-17(2)5-8-18(22)3)28-29(24)20-11-13-21(31-4)14-12-20/h5-15H,1-4H3,(H,26,30). The number of benzene rings is 3. The largest absolute Gasteiger partial charge is 0.497 e. The second-order valence-electron chi connectivity index (χ2n) is 7.51. The molecule has 1 N–H and O–H groups in total. The van der Waals surface area contributed by atoms with E-state index in [1.165, 1.54) is 0 Å². The highest BCUT2D eigenvalue weighted by atomic mass is 16.5. The molecule has 0 saturated heterocycles. The second-order valence-corrected chi connectivity index (χ2v) is 7.51. The summed E-state index contributed by atoms with van der Waals surface area (Å²) in [4.78, 5) is 17.6. The fourth-order valence-electron chi connectivity index (χ4n) is 3.25. The van der Waals surface area contributed by atoms with Crippen molar-refractivity contribution >= 4 is 11.6 Å². The summed E-state index contributed by atoms with van der Waals surface area (Å²) in [5.41, 5.74) is 5.61. The minimum absolute atomic E-state index is 0.104. The van der Waals surface area contributed by atoms with Gasteiger partial charge in [0.2, 0.25) is 5.82 Å². The number of ether oxygens (including phenoxy) is 1. The molecule has 3 aromatic carbocycles. The van der Waals surface area contributed by atoms with Crippen LogP contribution in [0.2, 0.25) is 0 Å². The maximum absolute atomic E-state index is 13.0. The summed E-state index contributed by atoms with van der Waals surface area (Å²) in [7, 11) is 1.62. The van der Waals surface area contributed by atoms with Gasteiger partial charge in [0.15, 0.2) is 5.82 Å². The molecule has 31 heavy (non-hydrogen) atoms. The number of hydrogen-bond acceptors (Lipinski definition) is 4. The third kappa shape index (κ3) is 4.33. The molecule has 0 aliphatic rings. The Morgan fingerprint density at radius 3 is 2.26 bits per heavy atom. The molecule has 0 aliphatic heterocycles.